The number of aromatic nitrogens is 3. The quantitative estimate of drug-likeness (QED) is 0.813. The maximum atomic E-state index is 11.9. The van der Waals surface area contributed by atoms with E-state index in [4.69, 9.17) is 4.42 Å². The van der Waals surface area contributed by atoms with E-state index in [2.05, 4.69) is 20.5 Å². The van der Waals surface area contributed by atoms with Gasteiger partial charge in [-0.15, -0.1) is 21.5 Å². The second kappa shape index (κ2) is 6.44. The van der Waals surface area contributed by atoms with E-state index in [0.29, 0.717) is 30.6 Å². The average Bonchev–Trinajstić information content (AvgIpc) is 3.19. The van der Waals surface area contributed by atoms with Gasteiger partial charge in [-0.05, 0) is 6.92 Å². The van der Waals surface area contributed by atoms with Gasteiger partial charge >= 0.3 is 6.03 Å². The Morgan fingerprint density at radius 3 is 3.09 bits per heavy atom. The number of urea groups is 1. The van der Waals surface area contributed by atoms with Crippen LogP contribution in [0.25, 0.3) is 0 Å². The van der Waals surface area contributed by atoms with Crippen molar-refractivity contribution in [1.29, 1.82) is 0 Å². The fraction of sp³-hybridized carbons (Fsp3) is 0.417. The number of aryl methyl sites for hydroxylation is 1. The molecule has 0 spiro atoms. The van der Waals surface area contributed by atoms with Gasteiger partial charge in [-0.1, -0.05) is 11.8 Å². The molecule has 3 rings (SSSR count). The normalized spacial score (nSPS) is 14.4. The zero-order valence-corrected chi connectivity index (χ0v) is 13.4. The van der Waals surface area contributed by atoms with Crippen LogP contribution in [-0.4, -0.2) is 50.9 Å². The first-order valence-corrected chi connectivity index (χ1v) is 8.43. The maximum Gasteiger partial charge on any atom is 0.324 e. The number of nitrogens with one attached hydrogen (secondary N) is 1. The van der Waals surface area contributed by atoms with Gasteiger partial charge in [0.05, 0.1) is 22.9 Å². The van der Waals surface area contributed by atoms with E-state index in [1.165, 1.54) is 4.90 Å². The zero-order valence-electron chi connectivity index (χ0n) is 11.7. The molecule has 2 aromatic heterocycles. The molecule has 1 N–H and O–H groups in total. The molecule has 0 radical (unpaired) electrons. The third-order valence-corrected chi connectivity index (χ3v) is 4.55. The molecule has 0 atom stereocenters. The van der Waals surface area contributed by atoms with Gasteiger partial charge < -0.3 is 9.73 Å². The van der Waals surface area contributed by atoms with E-state index in [9.17, 15) is 9.59 Å². The van der Waals surface area contributed by atoms with Gasteiger partial charge in [-0.3, -0.25) is 9.69 Å². The molecule has 1 saturated heterocycles. The summed E-state index contributed by atoms with van der Waals surface area (Å²) in [5.41, 5.74) is 0.882. The minimum atomic E-state index is -0.351. The number of nitrogens with zero attached hydrogens (tertiary/aromatic N) is 4. The molecule has 0 aliphatic carbocycles. The molecule has 3 heterocycles. The number of carbonyl (C=O) groups is 2. The summed E-state index contributed by atoms with van der Waals surface area (Å²) in [7, 11) is 0. The Labute approximate surface area is 134 Å². The third kappa shape index (κ3) is 3.45. The second-order valence-electron chi connectivity index (χ2n) is 4.56. The van der Waals surface area contributed by atoms with E-state index < -0.39 is 0 Å². The van der Waals surface area contributed by atoms with Crippen LogP contribution >= 0.6 is 23.1 Å². The Morgan fingerprint density at radius 2 is 2.41 bits per heavy atom. The number of amides is 3. The molecule has 8 nitrogen and oxygen atoms in total. The van der Waals surface area contributed by atoms with Gasteiger partial charge in [0.25, 0.3) is 5.22 Å². The van der Waals surface area contributed by atoms with Gasteiger partial charge in [0.1, 0.15) is 0 Å². The first-order valence-electron chi connectivity index (χ1n) is 6.56. The summed E-state index contributed by atoms with van der Waals surface area (Å²) in [5, 5.41) is 13.6. The molecule has 116 valence electrons. The summed E-state index contributed by atoms with van der Waals surface area (Å²) in [5.74, 6) is 0.277. The highest BCUT2D eigenvalue weighted by atomic mass is 32.2. The molecule has 22 heavy (non-hydrogen) atoms. The number of thiazole rings is 1. The summed E-state index contributed by atoms with van der Waals surface area (Å²) < 4.78 is 5.47. The standard InChI is InChI=1S/C12H13N5O3S2/c1-7-14-8(5-21-7)4-9-15-16-12(20-9)22-6-10(18)17-3-2-13-11(17)19/h5H,2-4,6H2,1H3,(H,13,19). The lowest BCUT2D eigenvalue weighted by molar-refractivity contribution is -0.124. The molecular formula is C12H13N5O3S2. The molecule has 0 aromatic carbocycles. The Bertz CT molecular complexity index is 699. The molecule has 1 fully saturated rings. The van der Waals surface area contributed by atoms with Gasteiger partial charge in [0.2, 0.25) is 11.8 Å². The molecule has 10 heteroatoms. The molecule has 1 aliphatic heterocycles. The highest BCUT2D eigenvalue weighted by Gasteiger charge is 2.26. The van der Waals surface area contributed by atoms with Crippen molar-refractivity contribution >= 4 is 35.0 Å². The lowest BCUT2D eigenvalue weighted by Crippen LogP contribution is -2.35. The smallest absolute Gasteiger partial charge is 0.324 e. The summed E-state index contributed by atoms with van der Waals surface area (Å²) in [6.07, 6.45) is 0.473. The summed E-state index contributed by atoms with van der Waals surface area (Å²) in [4.78, 5) is 28.8. The van der Waals surface area contributed by atoms with Crippen molar-refractivity contribution in [2.75, 3.05) is 18.8 Å². The van der Waals surface area contributed by atoms with Crippen molar-refractivity contribution < 1.29 is 14.0 Å². The molecule has 0 unspecified atom stereocenters. The minimum Gasteiger partial charge on any atom is -0.416 e. The van der Waals surface area contributed by atoms with E-state index in [1.807, 2.05) is 12.3 Å². The molecular weight excluding hydrogens is 326 g/mol. The van der Waals surface area contributed by atoms with Crippen molar-refractivity contribution in [3.8, 4) is 0 Å². The van der Waals surface area contributed by atoms with Gasteiger partial charge in [0.15, 0.2) is 0 Å². The van der Waals surface area contributed by atoms with Crippen LogP contribution in [0.1, 0.15) is 16.6 Å². The van der Waals surface area contributed by atoms with Gasteiger partial charge in [0, 0.05) is 18.5 Å². The van der Waals surface area contributed by atoms with Crippen LogP contribution in [-0.2, 0) is 11.2 Å². The molecule has 0 bridgehead atoms. The van der Waals surface area contributed by atoms with Crippen molar-refractivity contribution in [3.05, 3.63) is 22.0 Å². The van der Waals surface area contributed by atoms with Crippen molar-refractivity contribution in [3.63, 3.8) is 0 Å². The van der Waals surface area contributed by atoms with Crippen LogP contribution in [0.5, 0.6) is 0 Å². The topological polar surface area (TPSA) is 101 Å². The zero-order chi connectivity index (χ0) is 15.5. The number of imide groups is 1. The highest BCUT2D eigenvalue weighted by Crippen LogP contribution is 2.19. The number of carbonyl (C=O) groups excluding carboxylic acids is 2. The summed E-state index contributed by atoms with van der Waals surface area (Å²) >= 11 is 2.69. The SMILES string of the molecule is Cc1nc(Cc2nnc(SCC(=O)N3CCNC3=O)o2)cs1. The molecule has 1 aliphatic rings. The Kier molecular flexibility index (Phi) is 4.39. The monoisotopic (exact) mass is 339 g/mol. The van der Waals surface area contributed by atoms with Crippen molar-refractivity contribution in [1.82, 2.24) is 25.4 Å². The van der Waals surface area contributed by atoms with Crippen LogP contribution in [0.3, 0.4) is 0 Å². The first kappa shape index (κ1) is 15.0. The molecule has 0 saturated carbocycles. The number of thioether (sulfide) groups is 1. The van der Waals surface area contributed by atoms with Crippen LogP contribution in [0.2, 0.25) is 0 Å². The Morgan fingerprint density at radius 1 is 1.55 bits per heavy atom. The largest absolute Gasteiger partial charge is 0.416 e. The van der Waals surface area contributed by atoms with Crippen LogP contribution < -0.4 is 5.32 Å². The van der Waals surface area contributed by atoms with E-state index in [1.54, 1.807) is 11.3 Å². The lowest BCUT2D eigenvalue weighted by atomic mass is 10.3. The van der Waals surface area contributed by atoms with Crippen LogP contribution in [0.15, 0.2) is 15.0 Å². The average molecular weight is 339 g/mol. The van der Waals surface area contributed by atoms with Crippen LogP contribution in [0.4, 0.5) is 4.79 Å². The van der Waals surface area contributed by atoms with Crippen molar-refractivity contribution in [2.45, 2.75) is 18.6 Å². The van der Waals surface area contributed by atoms with Gasteiger partial charge in [-0.25, -0.2) is 9.78 Å². The summed E-state index contributed by atoms with van der Waals surface area (Å²) in [6, 6.07) is -0.351. The lowest BCUT2D eigenvalue weighted by Gasteiger charge is -2.10. The first-order chi connectivity index (χ1) is 10.6. The van der Waals surface area contributed by atoms with Crippen LogP contribution in [0, 0.1) is 6.92 Å². The Balaban J connectivity index is 1.53. The number of rotatable bonds is 5. The molecule has 3 amide bonds. The van der Waals surface area contributed by atoms with E-state index in [-0.39, 0.29) is 17.7 Å². The van der Waals surface area contributed by atoms with E-state index >= 15 is 0 Å². The maximum absolute atomic E-state index is 11.9. The number of hydrogen-bond donors (Lipinski definition) is 1. The Hall–Kier alpha value is -1.94. The van der Waals surface area contributed by atoms with Gasteiger partial charge in [-0.2, -0.15) is 0 Å². The second-order valence-corrected chi connectivity index (χ2v) is 6.55. The third-order valence-electron chi connectivity index (χ3n) is 2.92. The fourth-order valence-electron chi connectivity index (χ4n) is 1.92. The van der Waals surface area contributed by atoms with Crippen molar-refractivity contribution in [2.24, 2.45) is 0 Å². The fourth-order valence-corrected chi connectivity index (χ4v) is 3.19. The van der Waals surface area contributed by atoms with E-state index in [0.717, 1.165) is 22.5 Å². The minimum absolute atomic E-state index is 0.0882. The summed E-state index contributed by atoms with van der Waals surface area (Å²) in [6.45, 7) is 2.83. The number of hydrogen-bond acceptors (Lipinski definition) is 8. The highest BCUT2D eigenvalue weighted by molar-refractivity contribution is 7.99. The predicted octanol–water partition coefficient (Wildman–Crippen LogP) is 1.07. The molecule has 2 aromatic rings. The predicted molar refractivity (Wildman–Crippen MR) is 79.8 cm³/mol.